The van der Waals surface area contributed by atoms with Crippen LogP contribution in [0.3, 0.4) is 0 Å². The lowest BCUT2D eigenvalue weighted by atomic mass is 9.91. The van der Waals surface area contributed by atoms with Gasteiger partial charge in [-0.05, 0) is 31.2 Å². The van der Waals surface area contributed by atoms with Gasteiger partial charge in [-0.15, -0.1) is 0 Å². The Morgan fingerprint density at radius 3 is 2.41 bits per heavy atom. The van der Waals surface area contributed by atoms with Gasteiger partial charge < -0.3 is 15.1 Å². The second-order valence-electron chi connectivity index (χ2n) is 9.06. The van der Waals surface area contributed by atoms with Crippen molar-refractivity contribution < 1.29 is 4.79 Å². The smallest absolute Gasteiger partial charge is 0.317 e. The molecule has 4 saturated heterocycles. The van der Waals surface area contributed by atoms with E-state index in [0.29, 0.717) is 18.1 Å². The summed E-state index contributed by atoms with van der Waals surface area (Å²) >= 11 is 0. The van der Waals surface area contributed by atoms with Gasteiger partial charge in [0.15, 0.2) is 0 Å². The fourth-order valence-electron chi connectivity index (χ4n) is 5.18. The highest BCUT2D eigenvalue weighted by Gasteiger charge is 2.42. The molecule has 0 saturated carbocycles. The van der Waals surface area contributed by atoms with Crippen molar-refractivity contribution in [2.75, 3.05) is 31.1 Å². The van der Waals surface area contributed by atoms with Gasteiger partial charge in [0.05, 0.1) is 24.0 Å². The van der Waals surface area contributed by atoms with Gasteiger partial charge in [0.1, 0.15) is 6.07 Å². The SMILES string of the molecule is N#Cc1cnc(N2CC3CCC2CN3C(=O)NC2CCN(Cc3ccccc3)CC2)nc1. The molecule has 6 rings (SSSR count). The topological polar surface area (TPSA) is 88.4 Å². The normalized spacial score (nSPS) is 23.7. The number of carbonyl (C=O) groups is 1. The summed E-state index contributed by atoms with van der Waals surface area (Å²) < 4.78 is 0. The van der Waals surface area contributed by atoms with Crippen molar-refractivity contribution in [3.63, 3.8) is 0 Å². The second-order valence-corrected chi connectivity index (χ2v) is 9.06. The van der Waals surface area contributed by atoms with Crippen molar-refractivity contribution in [3.05, 3.63) is 53.9 Å². The Labute approximate surface area is 188 Å². The first kappa shape index (κ1) is 20.7. The van der Waals surface area contributed by atoms with E-state index in [4.69, 9.17) is 5.26 Å². The molecule has 1 aromatic heterocycles. The molecule has 2 atom stereocenters. The van der Waals surface area contributed by atoms with Gasteiger partial charge in [-0.25, -0.2) is 14.8 Å². The third-order valence-corrected chi connectivity index (χ3v) is 6.98. The number of rotatable bonds is 4. The van der Waals surface area contributed by atoms with Crippen LogP contribution in [-0.4, -0.2) is 70.1 Å². The van der Waals surface area contributed by atoms with Crippen molar-refractivity contribution in [1.82, 2.24) is 25.1 Å². The number of fused-ring (bicyclic) bond motifs is 3. The zero-order valence-corrected chi connectivity index (χ0v) is 18.2. The van der Waals surface area contributed by atoms with Gasteiger partial charge in [0, 0.05) is 44.8 Å². The van der Waals surface area contributed by atoms with Crippen molar-refractivity contribution in [2.24, 2.45) is 0 Å². The zero-order valence-electron chi connectivity index (χ0n) is 18.2. The molecule has 0 radical (unpaired) electrons. The van der Waals surface area contributed by atoms with E-state index >= 15 is 0 Å². The number of urea groups is 1. The summed E-state index contributed by atoms with van der Waals surface area (Å²) in [5, 5.41) is 12.3. The Hall–Kier alpha value is -3.18. The molecule has 2 unspecified atom stereocenters. The van der Waals surface area contributed by atoms with Crippen LogP contribution in [-0.2, 0) is 6.54 Å². The number of likely N-dealkylation sites (tertiary alicyclic amines) is 1. The largest absolute Gasteiger partial charge is 0.335 e. The maximum Gasteiger partial charge on any atom is 0.317 e. The van der Waals surface area contributed by atoms with Crippen molar-refractivity contribution in [3.8, 4) is 6.07 Å². The van der Waals surface area contributed by atoms with Crippen LogP contribution in [0.5, 0.6) is 0 Å². The molecule has 2 aromatic rings. The average molecular weight is 432 g/mol. The number of benzene rings is 1. The number of piperidine rings is 3. The first-order chi connectivity index (χ1) is 15.7. The molecule has 1 N–H and O–H groups in total. The summed E-state index contributed by atoms with van der Waals surface area (Å²) in [6, 6.07) is 13.3. The first-order valence-corrected chi connectivity index (χ1v) is 11.5. The average Bonchev–Trinajstić information content (AvgIpc) is 2.86. The maximum absolute atomic E-state index is 13.1. The van der Waals surface area contributed by atoms with Crippen LogP contribution >= 0.6 is 0 Å². The quantitative estimate of drug-likeness (QED) is 0.800. The maximum atomic E-state index is 13.1. The Bertz CT molecular complexity index is 966. The first-order valence-electron chi connectivity index (χ1n) is 11.5. The molecular weight excluding hydrogens is 402 g/mol. The molecule has 0 spiro atoms. The minimum absolute atomic E-state index is 0.0709. The van der Waals surface area contributed by atoms with Gasteiger partial charge in [-0.2, -0.15) is 5.26 Å². The highest BCUT2D eigenvalue weighted by atomic mass is 16.2. The number of hydrogen-bond donors (Lipinski definition) is 1. The van der Waals surface area contributed by atoms with Crippen molar-refractivity contribution >= 4 is 12.0 Å². The number of piperazine rings is 1. The van der Waals surface area contributed by atoms with Crippen LogP contribution in [0, 0.1) is 11.3 Å². The summed E-state index contributed by atoms with van der Waals surface area (Å²) in [6.45, 7) is 4.45. The minimum atomic E-state index is 0.0709. The van der Waals surface area contributed by atoms with Crippen molar-refractivity contribution in [1.29, 1.82) is 5.26 Å². The molecule has 5 heterocycles. The fourth-order valence-corrected chi connectivity index (χ4v) is 5.18. The summed E-state index contributed by atoms with van der Waals surface area (Å²) in [5.74, 6) is 0.657. The lowest BCUT2D eigenvalue weighted by molar-refractivity contribution is 0.108. The molecule has 0 aliphatic carbocycles. The van der Waals surface area contributed by atoms with Gasteiger partial charge in [0.2, 0.25) is 5.95 Å². The number of nitrogens with zero attached hydrogens (tertiary/aromatic N) is 6. The van der Waals surface area contributed by atoms with Crippen LogP contribution < -0.4 is 10.2 Å². The molecule has 8 heteroatoms. The predicted molar refractivity (Wildman–Crippen MR) is 121 cm³/mol. The molecule has 2 amide bonds. The highest BCUT2D eigenvalue weighted by Crippen LogP contribution is 2.31. The van der Waals surface area contributed by atoms with Crippen molar-refractivity contribution in [2.45, 2.75) is 50.4 Å². The number of nitrogens with one attached hydrogen (secondary N) is 1. The predicted octanol–water partition coefficient (Wildman–Crippen LogP) is 2.38. The second kappa shape index (κ2) is 9.13. The van der Waals surface area contributed by atoms with Crippen LogP contribution in [0.25, 0.3) is 0 Å². The summed E-state index contributed by atoms with van der Waals surface area (Å²) in [7, 11) is 0. The molecular formula is C24H29N7O. The van der Waals surface area contributed by atoms with Gasteiger partial charge >= 0.3 is 6.03 Å². The number of hydrogen-bond acceptors (Lipinski definition) is 6. The Morgan fingerprint density at radius 2 is 1.75 bits per heavy atom. The summed E-state index contributed by atoms with van der Waals surface area (Å²) in [6.07, 6.45) is 7.17. The van der Waals surface area contributed by atoms with E-state index in [2.05, 4.69) is 61.5 Å². The van der Waals surface area contributed by atoms with Crippen LogP contribution in [0.1, 0.15) is 36.8 Å². The lowest BCUT2D eigenvalue weighted by Gasteiger charge is -2.51. The summed E-state index contributed by atoms with van der Waals surface area (Å²) in [5.41, 5.74) is 1.81. The van der Waals surface area contributed by atoms with E-state index in [1.165, 1.54) is 5.56 Å². The molecule has 4 aliphatic rings. The van der Waals surface area contributed by atoms with Gasteiger partial charge in [0.25, 0.3) is 0 Å². The number of nitriles is 1. The third-order valence-electron chi connectivity index (χ3n) is 6.98. The molecule has 2 bridgehead atoms. The third kappa shape index (κ3) is 4.39. The van der Waals surface area contributed by atoms with Gasteiger partial charge in [-0.1, -0.05) is 30.3 Å². The minimum Gasteiger partial charge on any atom is -0.335 e. The standard InChI is InChI=1S/C24H29N7O/c25-12-19-13-26-23(27-14-19)30-16-22-7-6-21(30)17-31(22)24(32)28-20-8-10-29(11-9-20)15-18-4-2-1-3-5-18/h1-5,13-14,20-22H,6-11,15-17H2,(H,28,32). The molecule has 8 nitrogen and oxygen atoms in total. The van der Waals surface area contributed by atoms with Crippen LogP contribution in [0.2, 0.25) is 0 Å². The van der Waals surface area contributed by atoms with E-state index in [-0.39, 0.29) is 24.2 Å². The number of aromatic nitrogens is 2. The Balaban J connectivity index is 1.12. The van der Waals surface area contributed by atoms with E-state index in [9.17, 15) is 4.79 Å². The van der Waals surface area contributed by atoms with Crippen LogP contribution in [0.15, 0.2) is 42.7 Å². The summed E-state index contributed by atoms with van der Waals surface area (Å²) in [4.78, 5) is 28.5. The van der Waals surface area contributed by atoms with Gasteiger partial charge in [-0.3, -0.25) is 4.90 Å². The molecule has 4 fully saturated rings. The number of anilines is 1. The fraction of sp³-hybridized carbons (Fsp3) is 0.500. The Kier molecular flexibility index (Phi) is 5.91. The molecule has 1 aromatic carbocycles. The van der Waals surface area contributed by atoms with E-state index in [1.54, 1.807) is 12.4 Å². The highest BCUT2D eigenvalue weighted by molar-refractivity contribution is 5.75. The zero-order chi connectivity index (χ0) is 21.9. The monoisotopic (exact) mass is 431 g/mol. The number of carbonyl (C=O) groups excluding carboxylic acids is 1. The molecule has 4 aliphatic heterocycles. The van der Waals surface area contributed by atoms with Crippen LogP contribution in [0.4, 0.5) is 10.7 Å². The number of amides is 2. The Morgan fingerprint density at radius 1 is 1.03 bits per heavy atom. The van der Waals surface area contributed by atoms with E-state index in [0.717, 1.165) is 51.9 Å². The molecule has 166 valence electrons. The lowest BCUT2D eigenvalue weighted by Crippen LogP contribution is -2.66. The molecule has 32 heavy (non-hydrogen) atoms. The van der Waals surface area contributed by atoms with E-state index in [1.807, 2.05) is 4.90 Å². The van der Waals surface area contributed by atoms with E-state index < -0.39 is 0 Å².